The van der Waals surface area contributed by atoms with Gasteiger partial charge in [0.2, 0.25) is 5.91 Å². The second-order valence-electron chi connectivity index (χ2n) is 12.8. The first kappa shape index (κ1) is 38.0. The summed E-state index contributed by atoms with van der Waals surface area (Å²) < 4.78 is 6.24. The van der Waals surface area contributed by atoms with Crippen LogP contribution in [0.15, 0.2) is 65.8 Å². The third-order valence-electron chi connectivity index (χ3n) is 8.90. The standard InChI is InChI=1S/C36H45ClN4O8S/c1-22(43)39-21-41(35(48)34(47)33(46)32(45)30(44)20-42)15-4-16-50-25-9-10-29(37)23(17-25)18-40-36(12-13-36)28-19-38-14-11-26(28)27-5-2-3-6-31(27)49-24-7-8-24/h2-3,5-6,9-11,14,17,19,24,30,32-34,40,42,44-47H,4,7-8,12-13,15-16,18,20-21H2,1H3,(H,39,43)/t30-,32+,33-,34-/m0/s1. The minimum atomic E-state index is -2.08. The Hall–Kier alpha value is -3.27. The lowest BCUT2D eigenvalue weighted by Crippen LogP contribution is -2.54. The minimum Gasteiger partial charge on any atom is -0.490 e. The molecule has 0 spiro atoms. The molecule has 2 fully saturated rings. The Bertz CT molecular complexity index is 1620. The third kappa shape index (κ3) is 9.74. The van der Waals surface area contributed by atoms with E-state index in [9.17, 15) is 30.0 Å². The predicted molar refractivity (Wildman–Crippen MR) is 189 cm³/mol. The number of aliphatic hydroxyl groups is 5. The fraction of sp³-hybridized carbons (Fsp3) is 0.472. The van der Waals surface area contributed by atoms with Crippen molar-refractivity contribution >= 4 is 35.2 Å². The number of aromatic nitrogens is 1. The number of rotatable bonds is 19. The van der Waals surface area contributed by atoms with Crippen LogP contribution < -0.4 is 15.4 Å². The second kappa shape index (κ2) is 17.3. The van der Waals surface area contributed by atoms with Gasteiger partial charge < -0.3 is 45.8 Å². The topological polar surface area (TPSA) is 185 Å². The van der Waals surface area contributed by atoms with E-state index in [0.29, 0.717) is 23.7 Å². The lowest BCUT2D eigenvalue weighted by molar-refractivity contribution is -0.158. The molecule has 2 amide bonds. The van der Waals surface area contributed by atoms with Gasteiger partial charge in [-0.25, -0.2) is 0 Å². The molecule has 2 aliphatic rings. The van der Waals surface area contributed by atoms with Gasteiger partial charge in [-0.1, -0.05) is 29.8 Å². The van der Waals surface area contributed by atoms with E-state index in [4.69, 9.17) is 21.4 Å². The van der Waals surface area contributed by atoms with Crippen LogP contribution in [-0.2, 0) is 21.7 Å². The van der Waals surface area contributed by atoms with E-state index in [1.807, 2.05) is 48.8 Å². The van der Waals surface area contributed by atoms with E-state index in [2.05, 4.69) is 27.8 Å². The molecule has 0 unspecified atom stereocenters. The van der Waals surface area contributed by atoms with Crippen LogP contribution in [0.5, 0.6) is 5.75 Å². The lowest BCUT2D eigenvalue weighted by Gasteiger charge is -2.30. The molecule has 270 valence electrons. The van der Waals surface area contributed by atoms with Crippen LogP contribution in [0.4, 0.5) is 0 Å². The summed E-state index contributed by atoms with van der Waals surface area (Å²) in [4.78, 5) is 31.1. The van der Waals surface area contributed by atoms with Gasteiger partial charge in [0, 0.05) is 53.4 Å². The third-order valence-corrected chi connectivity index (χ3v) is 10.3. The molecule has 0 bridgehead atoms. The number of aliphatic hydroxyl groups excluding tert-OH is 5. The second-order valence-corrected chi connectivity index (χ2v) is 14.4. The highest BCUT2D eigenvalue weighted by Crippen LogP contribution is 2.50. The van der Waals surface area contributed by atoms with Crippen molar-refractivity contribution in [2.45, 2.75) is 86.5 Å². The molecule has 1 heterocycles. The average molecular weight is 729 g/mol. The highest BCUT2D eigenvalue weighted by Gasteiger charge is 2.46. The van der Waals surface area contributed by atoms with Gasteiger partial charge in [0.25, 0.3) is 5.91 Å². The van der Waals surface area contributed by atoms with Crippen molar-refractivity contribution in [2.75, 3.05) is 25.6 Å². The Labute approximate surface area is 300 Å². The largest absolute Gasteiger partial charge is 0.490 e. The van der Waals surface area contributed by atoms with Gasteiger partial charge in [0.05, 0.1) is 19.4 Å². The van der Waals surface area contributed by atoms with Gasteiger partial charge in [-0.15, -0.1) is 11.8 Å². The zero-order valence-corrected chi connectivity index (χ0v) is 29.4. The van der Waals surface area contributed by atoms with Gasteiger partial charge in [0.1, 0.15) is 24.1 Å². The van der Waals surface area contributed by atoms with Crippen molar-refractivity contribution in [3.63, 3.8) is 0 Å². The Morgan fingerprint density at radius 2 is 1.84 bits per heavy atom. The van der Waals surface area contributed by atoms with E-state index < -0.39 is 42.8 Å². The van der Waals surface area contributed by atoms with Crippen molar-refractivity contribution in [2.24, 2.45) is 0 Å². The highest BCUT2D eigenvalue weighted by atomic mass is 35.5. The zero-order valence-electron chi connectivity index (χ0n) is 27.9. The van der Waals surface area contributed by atoms with Crippen molar-refractivity contribution in [3.05, 3.63) is 77.1 Å². The molecule has 0 radical (unpaired) electrons. The number of amides is 2. The summed E-state index contributed by atoms with van der Waals surface area (Å²) in [6, 6.07) is 16.0. The predicted octanol–water partition coefficient (Wildman–Crippen LogP) is 2.56. The summed E-state index contributed by atoms with van der Waals surface area (Å²) >= 11 is 8.21. The Morgan fingerprint density at radius 1 is 1.08 bits per heavy atom. The smallest absolute Gasteiger partial charge is 0.255 e. The maximum absolute atomic E-state index is 13.0. The van der Waals surface area contributed by atoms with Crippen molar-refractivity contribution < 1.29 is 39.9 Å². The quantitative estimate of drug-likeness (QED) is 0.0547. The molecule has 50 heavy (non-hydrogen) atoms. The number of halogens is 1. The van der Waals surface area contributed by atoms with Crippen LogP contribution in [0.25, 0.3) is 11.1 Å². The van der Waals surface area contributed by atoms with Crippen LogP contribution >= 0.6 is 23.4 Å². The summed E-state index contributed by atoms with van der Waals surface area (Å²) in [6.45, 7) is 0.853. The van der Waals surface area contributed by atoms with Crippen LogP contribution in [-0.4, -0.2) is 103 Å². The minimum absolute atomic E-state index is 0.126. The van der Waals surface area contributed by atoms with Crippen LogP contribution in [0.1, 0.15) is 50.2 Å². The summed E-state index contributed by atoms with van der Waals surface area (Å²) in [5.41, 5.74) is 3.99. The molecule has 14 heteroatoms. The van der Waals surface area contributed by atoms with Crippen molar-refractivity contribution in [1.29, 1.82) is 0 Å². The molecular weight excluding hydrogens is 684 g/mol. The molecule has 0 aliphatic heterocycles. The van der Waals surface area contributed by atoms with Gasteiger partial charge in [-0.2, -0.15) is 0 Å². The maximum Gasteiger partial charge on any atom is 0.255 e. The number of nitrogens with one attached hydrogen (secondary N) is 2. The molecule has 3 aromatic rings. The SMILES string of the molecule is CC(=O)NCN(CCCSc1ccc(Cl)c(CNC2(c3cnccc3-c3ccccc3OC3CC3)CC2)c1)C(=O)[C@@H](O)[C@@H](O)[C@H](O)[C@@H](O)CO. The van der Waals surface area contributed by atoms with Crippen LogP contribution in [0.3, 0.4) is 0 Å². The van der Waals surface area contributed by atoms with E-state index in [-0.39, 0.29) is 24.9 Å². The van der Waals surface area contributed by atoms with Gasteiger partial charge in [-0.05, 0) is 84.9 Å². The number of thioether (sulfide) groups is 1. The summed E-state index contributed by atoms with van der Waals surface area (Å²) in [5.74, 6) is 0.128. The Balaban J connectivity index is 1.19. The number of ether oxygens (including phenoxy) is 1. The molecule has 2 aliphatic carbocycles. The van der Waals surface area contributed by atoms with E-state index in [1.54, 1.807) is 11.8 Å². The van der Waals surface area contributed by atoms with Crippen LogP contribution in [0, 0.1) is 0 Å². The zero-order chi connectivity index (χ0) is 35.8. The van der Waals surface area contributed by atoms with E-state index in [0.717, 1.165) is 63.5 Å². The first-order chi connectivity index (χ1) is 24.0. The number of nitrogens with zero attached hydrogens (tertiary/aromatic N) is 2. The molecule has 4 atom stereocenters. The number of para-hydroxylation sites is 1. The first-order valence-electron chi connectivity index (χ1n) is 16.8. The van der Waals surface area contributed by atoms with Gasteiger partial charge >= 0.3 is 0 Å². The summed E-state index contributed by atoms with van der Waals surface area (Å²) in [6.07, 6.45) is 0.775. The van der Waals surface area contributed by atoms with Crippen LogP contribution in [0.2, 0.25) is 5.02 Å². The summed E-state index contributed by atoms with van der Waals surface area (Å²) in [7, 11) is 0. The number of hydrogen-bond donors (Lipinski definition) is 7. The van der Waals surface area contributed by atoms with Gasteiger partial charge in [-0.3, -0.25) is 14.6 Å². The number of hydrogen-bond acceptors (Lipinski definition) is 11. The highest BCUT2D eigenvalue weighted by molar-refractivity contribution is 7.99. The molecule has 5 rings (SSSR count). The lowest BCUT2D eigenvalue weighted by atomic mass is 9.94. The maximum atomic E-state index is 13.0. The number of benzene rings is 2. The van der Waals surface area contributed by atoms with E-state index >= 15 is 0 Å². The molecule has 2 aromatic carbocycles. The average Bonchev–Trinajstić information content (AvgIpc) is 4.07. The molecule has 12 nitrogen and oxygen atoms in total. The number of carbonyl (C=O) groups is 2. The number of pyridine rings is 1. The molecule has 7 N–H and O–H groups in total. The Kier molecular flexibility index (Phi) is 13.1. The molecule has 0 saturated heterocycles. The van der Waals surface area contributed by atoms with E-state index in [1.165, 1.54) is 6.92 Å². The fourth-order valence-corrected chi connectivity index (χ4v) is 6.73. The number of carbonyl (C=O) groups excluding carboxylic acids is 2. The first-order valence-corrected chi connectivity index (χ1v) is 18.1. The van der Waals surface area contributed by atoms with Gasteiger partial charge in [0.15, 0.2) is 6.10 Å². The normalized spacial score (nSPS) is 17.3. The molecular formula is C36H45ClN4O8S. The molecule has 1 aromatic heterocycles. The van der Waals surface area contributed by atoms with Crippen molar-refractivity contribution in [3.8, 4) is 16.9 Å². The Morgan fingerprint density at radius 3 is 2.54 bits per heavy atom. The molecule has 2 saturated carbocycles. The fourth-order valence-electron chi connectivity index (χ4n) is 5.65. The monoisotopic (exact) mass is 728 g/mol. The summed E-state index contributed by atoms with van der Waals surface area (Å²) in [5, 5.41) is 56.1. The van der Waals surface area contributed by atoms with Crippen molar-refractivity contribution in [1.82, 2.24) is 20.5 Å².